The van der Waals surface area contributed by atoms with Crippen molar-refractivity contribution in [2.24, 2.45) is 11.8 Å². The maximum Gasteiger partial charge on any atom is 0.356 e. The van der Waals surface area contributed by atoms with Gasteiger partial charge in [0.2, 0.25) is 5.91 Å². The molecule has 7 heteroatoms. The van der Waals surface area contributed by atoms with Gasteiger partial charge in [-0.2, -0.15) is 0 Å². The van der Waals surface area contributed by atoms with E-state index >= 15 is 0 Å². The van der Waals surface area contributed by atoms with E-state index in [1.54, 1.807) is 13.0 Å². The molecule has 0 aliphatic carbocycles. The van der Waals surface area contributed by atoms with Crippen molar-refractivity contribution in [1.82, 2.24) is 9.88 Å². The van der Waals surface area contributed by atoms with Crippen molar-refractivity contribution in [2.75, 3.05) is 25.0 Å². The number of carbonyl (C=O) groups is 2. The molecule has 0 saturated carbocycles. The Hall–Kier alpha value is -2.41. The first-order valence-corrected chi connectivity index (χ1v) is 9.83. The van der Waals surface area contributed by atoms with Crippen LogP contribution < -0.4 is 5.32 Å². The summed E-state index contributed by atoms with van der Waals surface area (Å²) in [6.07, 6.45) is 1.15. The van der Waals surface area contributed by atoms with Gasteiger partial charge in [0.15, 0.2) is 0 Å². The summed E-state index contributed by atoms with van der Waals surface area (Å²) >= 11 is 0. The highest BCUT2D eigenvalue weighted by atomic mass is 19.1. The van der Waals surface area contributed by atoms with Crippen LogP contribution in [0.25, 0.3) is 10.9 Å². The number of esters is 1. The third-order valence-electron chi connectivity index (χ3n) is 5.31. The second kappa shape index (κ2) is 8.31. The van der Waals surface area contributed by atoms with Crippen LogP contribution in [-0.4, -0.2) is 47.5 Å². The predicted molar refractivity (Wildman–Crippen MR) is 107 cm³/mol. The number of carbonyl (C=O) groups excluding carboxylic acids is 2. The van der Waals surface area contributed by atoms with Gasteiger partial charge in [-0.05, 0) is 50.3 Å². The smallest absolute Gasteiger partial charge is 0.356 e. The van der Waals surface area contributed by atoms with Crippen molar-refractivity contribution in [3.63, 3.8) is 0 Å². The van der Waals surface area contributed by atoms with Crippen molar-refractivity contribution in [2.45, 2.75) is 40.2 Å². The number of hydrogen-bond donors (Lipinski definition) is 2. The van der Waals surface area contributed by atoms with Gasteiger partial charge in [0.1, 0.15) is 11.5 Å². The van der Waals surface area contributed by atoms with Crippen molar-refractivity contribution in [3.05, 3.63) is 29.7 Å². The Morgan fingerprint density at radius 1 is 1.32 bits per heavy atom. The van der Waals surface area contributed by atoms with Gasteiger partial charge < -0.3 is 15.0 Å². The van der Waals surface area contributed by atoms with Crippen LogP contribution in [0.3, 0.4) is 0 Å². The minimum atomic E-state index is -0.581. The average Bonchev–Trinajstić information content (AvgIpc) is 2.98. The third kappa shape index (κ3) is 4.19. The molecular formula is C21H28FN3O3. The Morgan fingerprint density at radius 3 is 2.64 bits per heavy atom. The number of hydrogen-bond acceptors (Lipinski definition) is 4. The Kier molecular flexibility index (Phi) is 6.03. The fourth-order valence-corrected chi connectivity index (χ4v) is 4.07. The summed E-state index contributed by atoms with van der Waals surface area (Å²) in [6.45, 7) is 9.86. The zero-order chi connectivity index (χ0) is 20.4. The first-order chi connectivity index (χ1) is 13.3. The summed E-state index contributed by atoms with van der Waals surface area (Å²) in [7, 11) is 0. The number of ether oxygens (including phenoxy) is 1. The SMILES string of the molecule is CCOC(=O)c1[nH]c2ccc(F)cc2c1NC(=O)[C@H](C)N1C[C@H](C)C[C@H](C)C1. The van der Waals surface area contributed by atoms with E-state index in [2.05, 4.69) is 29.0 Å². The number of aromatic nitrogens is 1. The molecule has 1 fully saturated rings. The van der Waals surface area contributed by atoms with Crippen molar-refractivity contribution in [3.8, 4) is 0 Å². The molecule has 1 saturated heterocycles. The Balaban J connectivity index is 1.89. The van der Waals surface area contributed by atoms with Gasteiger partial charge in [-0.25, -0.2) is 9.18 Å². The molecule has 1 aliphatic heterocycles. The number of likely N-dealkylation sites (tertiary alicyclic amines) is 1. The van der Waals surface area contributed by atoms with E-state index < -0.39 is 11.8 Å². The lowest BCUT2D eigenvalue weighted by Crippen LogP contribution is -2.48. The highest BCUT2D eigenvalue weighted by molar-refractivity contribution is 6.11. The molecule has 0 unspecified atom stereocenters. The number of amides is 1. The standard InChI is InChI=1S/C21H28FN3O3/c1-5-28-21(27)19-18(16-9-15(22)6-7-17(16)23-19)24-20(26)14(4)25-10-12(2)8-13(3)11-25/h6-7,9,12-14,23H,5,8,10-11H2,1-4H3,(H,24,26)/t12-,13+,14-/m0/s1. The maximum atomic E-state index is 13.8. The van der Waals surface area contributed by atoms with E-state index in [0.717, 1.165) is 19.5 Å². The van der Waals surface area contributed by atoms with E-state index in [0.29, 0.717) is 22.7 Å². The lowest BCUT2D eigenvalue weighted by Gasteiger charge is -2.38. The summed E-state index contributed by atoms with van der Waals surface area (Å²) in [6, 6.07) is 3.79. The minimum absolute atomic E-state index is 0.128. The molecule has 1 aromatic carbocycles. The average molecular weight is 389 g/mol. The van der Waals surface area contributed by atoms with Crippen LogP contribution >= 0.6 is 0 Å². The summed E-state index contributed by atoms with van der Waals surface area (Å²) in [5, 5.41) is 3.30. The third-order valence-corrected chi connectivity index (χ3v) is 5.31. The fraction of sp³-hybridized carbons (Fsp3) is 0.524. The van der Waals surface area contributed by atoms with E-state index in [1.165, 1.54) is 12.1 Å². The number of anilines is 1. The molecule has 28 heavy (non-hydrogen) atoms. The van der Waals surface area contributed by atoms with E-state index in [4.69, 9.17) is 4.74 Å². The van der Waals surface area contributed by atoms with Crippen LogP contribution in [0.15, 0.2) is 18.2 Å². The van der Waals surface area contributed by atoms with Gasteiger partial charge in [-0.1, -0.05) is 13.8 Å². The fourth-order valence-electron chi connectivity index (χ4n) is 4.07. The zero-order valence-electron chi connectivity index (χ0n) is 16.8. The number of aromatic amines is 1. The predicted octanol–water partition coefficient (Wildman–Crippen LogP) is 3.79. The number of fused-ring (bicyclic) bond motifs is 1. The molecule has 2 aromatic rings. The molecule has 1 aromatic heterocycles. The highest BCUT2D eigenvalue weighted by Crippen LogP contribution is 2.30. The number of halogens is 1. The van der Waals surface area contributed by atoms with E-state index in [9.17, 15) is 14.0 Å². The molecular weight excluding hydrogens is 361 g/mol. The van der Waals surface area contributed by atoms with E-state index in [1.807, 2.05) is 6.92 Å². The Labute approximate surface area is 164 Å². The van der Waals surface area contributed by atoms with Gasteiger partial charge in [0.25, 0.3) is 0 Å². The molecule has 1 amide bonds. The molecule has 0 bridgehead atoms. The van der Waals surface area contributed by atoms with Crippen molar-refractivity contribution >= 4 is 28.5 Å². The molecule has 6 nitrogen and oxygen atoms in total. The molecule has 2 heterocycles. The summed E-state index contributed by atoms with van der Waals surface area (Å²) < 4.78 is 18.9. The van der Waals surface area contributed by atoms with Gasteiger partial charge in [0.05, 0.1) is 18.3 Å². The molecule has 2 N–H and O–H groups in total. The molecule has 1 aliphatic rings. The van der Waals surface area contributed by atoms with Crippen LogP contribution in [0.5, 0.6) is 0 Å². The summed E-state index contributed by atoms with van der Waals surface area (Å²) in [5.74, 6) is -0.198. The normalized spacial score (nSPS) is 21.5. The topological polar surface area (TPSA) is 74.4 Å². The van der Waals surface area contributed by atoms with Crippen LogP contribution in [-0.2, 0) is 9.53 Å². The molecule has 152 valence electrons. The van der Waals surface area contributed by atoms with Gasteiger partial charge in [-0.15, -0.1) is 0 Å². The van der Waals surface area contributed by atoms with Crippen LogP contribution in [0.4, 0.5) is 10.1 Å². The molecule has 3 atom stereocenters. The molecule has 3 rings (SSSR count). The summed E-state index contributed by atoms with van der Waals surface area (Å²) in [5.41, 5.74) is 0.957. The van der Waals surface area contributed by atoms with E-state index in [-0.39, 0.29) is 29.9 Å². The minimum Gasteiger partial charge on any atom is -0.461 e. The lowest BCUT2D eigenvalue weighted by atomic mass is 9.91. The maximum absolute atomic E-state index is 13.8. The zero-order valence-corrected chi connectivity index (χ0v) is 16.8. The summed E-state index contributed by atoms with van der Waals surface area (Å²) in [4.78, 5) is 30.4. The second-order valence-corrected chi connectivity index (χ2v) is 7.85. The van der Waals surface area contributed by atoms with Gasteiger partial charge in [0, 0.05) is 24.0 Å². The number of benzene rings is 1. The van der Waals surface area contributed by atoms with Gasteiger partial charge >= 0.3 is 5.97 Å². The highest BCUT2D eigenvalue weighted by Gasteiger charge is 2.30. The van der Waals surface area contributed by atoms with Gasteiger partial charge in [-0.3, -0.25) is 9.69 Å². The van der Waals surface area contributed by atoms with Crippen LogP contribution in [0.2, 0.25) is 0 Å². The lowest BCUT2D eigenvalue weighted by molar-refractivity contribution is -0.121. The second-order valence-electron chi connectivity index (χ2n) is 7.85. The number of nitrogens with zero attached hydrogens (tertiary/aromatic N) is 1. The van der Waals surface area contributed by atoms with Crippen LogP contribution in [0, 0.1) is 17.7 Å². The van der Waals surface area contributed by atoms with Crippen molar-refractivity contribution in [1.29, 1.82) is 0 Å². The number of nitrogens with one attached hydrogen (secondary N) is 2. The van der Waals surface area contributed by atoms with Crippen molar-refractivity contribution < 1.29 is 18.7 Å². The number of piperidine rings is 1. The molecule has 0 radical (unpaired) electrons. The Bertz CT molecular complexity index is 869. The first-order valence-electron chi connectivity index (χ1n) is 9.83. The first kappa shape index (κ1) is 20.3. The largest absolute Gasteiger partial charge is 0.461 e. The monoisotopic (exact) mass is 389 g/mol. The number of H-pyrrole nitrogens is 1. The Morgan fingerprint density at radius 2 is 2.00 bits per heavy atom. The van der Waals surface area contributed by atoms with Crippen LogP contribution in [0.1, 0.15) is 44.6 Å². The number of rotatable bonds is 5. The molecule has 0 spiro atoms. The quantitative estimate of drug-likeness (QED) is 0.763.